The predicted octanol–water partition coefficient (Wildman–Crippen LogP) is 6.46. The molecule has 3 aromatic rings. The first-order chi connectivity index (χ1) is 14.6. The molecule has 1 heterocycles. The first kappa shape index (κ1) is 18.9. The minimum absolute atomic E-state index is 0.00206. The van der Waals surface area contributed by atoms with Crippen LogP contribution in [-0.4, -0.2) is 5.78 Å². The zero-order valence-corrected chi connectivity index (χ0v) is 16.9. The largest absolute Gasteiger partial charge is 0.372 e. The van der Waals surface area contributed by atoms with E-state index in [0.29, 0.717) is 29.0 Å². The van der Waals surface area contributed by atoms with Crippen LogP contribution in [-0.2, 0) is 4.79 Å². The third kappa shape index (κ3) is 3.27. The molecule has 0 radical (unpaired) electrons. The molecule has 150 valence electrons. The van der Waals surface area contributed by atoms with E-state index in [0.717, 1.165) is 22.6 Å². The van der Waals surface area contributed by atoms with Gasteiger partial charge >= 0.3 is 0 Å². The molecule has 0 amide bonds. The van der Waals surface area contributed by atoms with Crippen LogP contribution < -0.4 is 10.6 Å². The normalized spacial score (nSPS) is 20.5. The SMILES string of the molecule is O=C1CC(c2ccccc2Cl)CC2=C1C(c1ccccc1F)Nc1ccccc1N2. The predicted molar refractivity (Wildman–Crippen MR) is 118 cm³/mol. The molecule has 1 aliphatic carbocycles. The van der Waals surface area contributed by atoms with Gasteiger partial charge in [0.05, 0.1) is 17.4 Å². The Morgan fingerprint density at radius 3 is 2.27 bits per heavy atom. The number of rotatable bonds is 2. The average Bonchev–Trinajstić information content (AvgIpc) is 2.91. The van der Waals surface area contributed by atoms with Crippen molar-refractivity contribution in [1.29, 1.82) is 0 Å². The monoisotopic (exact) mass is 418 g/mol. The molecular formula is C25H20ClFN2O. The van der Waals surface area contributed by atoms with Gasteiger partial charge < -0.3 is 10.6 Å². The number of fused-ring (bicyclic) bond motifs is 1. The fraction of sp³-hybridized carbons (Fsp3) is 0.160. The van der Waals surface area contributed by atoms with Crippen molar-refractivity contribution in [2.24, 2.45) is 0 Å². The second kappa shape index (κ2) is 7.62. The van der Waals surface area contributed by atoms with E-state index < -0.39 is 6.04 Å². The molecular weight excluding hydrogens is 399 g/mol. The Morgan fingerprint density at radius 1 is 0.833 bits per heavy atom. The maximum absolute atomic E-state index is 14.8. The number of halogens is 2. The van der Waals surface area contributed by atoms with Crippen molar-refractivity contribution in [3.8, 4) is 0 Å². The van der Waals surface area contributed by atoms with E-state index in [1.54, 1.807) is 18.2 Å². The Hall–Kier alpha value is -3.11. The second-order valence-corrected chi connectivity index (χ2v) is 8.12. The van der Waals surface area contributed by atoms with Crippen molar-refractivity contribution in [3.63, 3.8) is 0 Å². The molecule has 5 rings (SSSR count). The van der Waals surface area contributed by atoms with Crippen molar-refractivity contribution in [2.75, 3.05) is 10.6 Å². The minimum Gasteiger partial charge on any atom is -0.372 e. The van der Waals surface area contributed by atoms with Crippen LogP contribution in [0.15, 0.2) is 84.1 Å². The van der Waals surface area contributed by atoms with Crippen LogP contribution in [0.4, 0.5) is 15.8 Å². The minimum atomic E-state index is -0.558. The Labute approximate surface area is 179 Å². The number of anilines is 2. The summed E-state index contributed by atoms with van der Waals surface area (Å²) in [5.74, 6) is -0.353. The molecule has 0 spiro atoms. The summed E-state index contributed by atoms with van der Waals surface area (Å²) in [6, 6.07) is 21.5. The van der Waals surface area contributed by atoms with Crippen LogP contribution in [0.5, 0.6) is 0 Å². The molecule has 0 aromatic heterocycles. The number of carbonyl (C=O) groups is 1. The lowest BCUT2D eigenvalue weighted by Crippen LogP contribution is -2.27. The van der Waals surface area contributed by atoms with Crippen LogP contribution in [0, 0.1) is 5.82 Å². The number of benzene rings is 3. The lowest BCUT2D eigenvalue weighted by Gasteiger charge is -2.30. The summed E-state index contributed by atoms with van der Waals surface area (Å²) in [5, 5.41) is 7.53. The Morgan fingerprint density at radius 2 is 1.50 bits per heavy atom. The number of nitrogens with one attached hydrogen (secondary N) is 2. The molecule has 3 aromatic carbocycles. The van der Waals surface area contributed by atoms with Gasteiger partial charge in [0.15, 0.2) is 5.78 Å². The highest BCUT2D eigenvalue weighted by Crippen LogP contribution is 2.45. The molecule has 0 saturated carbocycles. The fourth-order valence-electron chi connectivity index (χ4n) is 4.46. The van der Waals surface area contributed by atoms with Gasteiger partial charge in [-0.15, -0.1) is 0 Å². The van der Waals surface area contributed by atoms with E-state index in [4.69, 9.17) is 11.6 Å². The summed E-state index contributed by atoms with van der Waals surface area (Å²) < 4.78 is 14.8. The fourth-order valence-corrected chi connectivity index (χ4v) is 4.75. The lowest BCUT2D eigenvalue weighted by molar-refractivity contribution is -0.116. The van der Waals surface area contributed by atoms with E-state index >= 15 is 0 Å². The maximum Gasteiger partial charge on any atom is 0.163 e. The summed E-state index contributed by atoms with van der Waals surface area (Å²) in [4.78, 5) is 13.4. The zero-order valence-electron chi connectivity index (χ0n) is 16.2. The first-order valence-electron chi connectivity index (χ1n) is 9.99. The van der Waals surface area contributed by atoms with Crippen LogP contribution in [0.3, 0.4) is 0 Å². The van der Waals surface area contributed by atoms with Gasteiger partial charge in [0.1, 0.15) is 5.82 Å². The maximum atomic E-state index is 14.8. The Balaban J connectivity index is 1.64. The summed E-state index contributed by atoms with van der Waals surface area (Å²) in [6.45, 7) is 0. The van der Waals surface area contributed by atoms with Gasteiger partial charge in [-0.3, -0.25) is 4.79 Å². The molecule has 0 fully saturated rings. The highest BCUT2D eigenvalue weighted by atomic mass is 35.5. The van der Waals surface area contributed by atoms with Gasteiger partial charge in [0.2, 0.25) is 0 Å². The molecule has 30 heavy (non-hydrogen) atoms. The van der Waals surface area contributed by atoms with Crippen molar-refractivity contribution in [1.82, 2.24) is 0 Å². The van der Waals surface area contributed by atoms with E-state index in [-0.39, 0.29) is 17.5 Å². The van der Waals surface area contributed by atoms with Crippen LogP contribution in [0.1, 0.15) is 35.9 Å². The number of Topliss-reactive ketones (excluding diaryl/α,β-unsaturated/α-hetero) is 1. The number of allylic oxidation sites excluding steroid dienone is 1. The molecule has 2 unspecified atom stereocenters. The number of hydrogen-bond donors (Lipinski definition) is 2. The number of para-hydroxylation sites is 2. The Bertz CT molecular complexity index is 1170. The summed E-state index contributed by atoms with van der Waals surface area (Å²) in [6.07, 6.45) is 0.971. The molecule has 0 bridgehead atoms. The quantitative estimate of drug-likeness (QED) is 0.501. The molecule has 1 aliphatic heterocycles. The van der Waals surface area contributed by atoms with Crippen LogP contribution in [0.2, 0.25) is 5.02 Å². The van der Waals surface area contributed by atoms with Crippen molar-refractivity contribution in [2.45, 2.75) is 24.8 Å². The van der Waals surface area contributed by atoms with Crippen LogP contribution >= 0.6 is 11.6 Å². The van der Waals surface area contributed by atoms with Gasteiger partial charge in [0.25, 0.3) is 0 Å². The van der Waals surface area contributed by atoms with Crippen molar-refractivity contribution >= 4 is 28.8 Å². The number of hydrogen-bond acceptors (Lipinski definition) is 3. The van der Waals surface area contributed by atoms with E-state index in [1.807, 2.05) is 48.5 Å². The second-order valence-electron chi connectivity index (χ2n) is 7.71. The van der Waals surface area contributed by atoms with Gasteiger partial charge in [-0.1, -0.05) is 60.1 Å². The summed E-state index contributed by atoms with van der Waals surface area (Å²) >= 11 is 6.43. The number of carbonyl (C=O) groups excluding carboxylic acids is 1. The average molecular weight is 419 g/mol. The topological polar surface area (TPSA) is 41.1 Å². The summed E-state index contributed by atoms with van der Waals surface area (Å²) in [7, 11) is 0. The molecule has 0 saturated heterocycles. The molecule has 5 heteroatoms. The van der Waals surface area contributed by atoms with Crippen LogP contribution in [0.25, 0.3) is 0 Å². The smallest absolute Gasteiger partial charge is 0.163 e. The van der Waals surface area contributed by atoms with Crippen molar-refractivity contribution < 1.29 is 9.18 Å². The van der Waals surface area contributed by atoms with E-state index in [9.17, 15) is 9.18 Å². The van der Waals surface area contributed by atoms with Gasteiger partial charge in [-0.2, -0.15) is 0 Å². The molecule has 3 nitrogen and oxygen atoms in total. The third-order valence-electron chi connectivity index (χ3n) is 5.87. The van der Waals surface area contributed by atoms with Gasteiger partial charge in [0, 0.05) is 28.3 Å². The first-order valence-corrected chi connectivity index (χ1v) is 10.4. The Kier molecular flexibility index (Phi) is 4.80. The van der Waals surface area contributed by atoms with Gasteiger partial charge in [-0.25, -0.2) is 4.39 Å². The van der Waals surface area contributed by atoms with Gasteiger partial charge in [-0.05, 0) is 42.2 Å². The standard InChI is InChI=1S/C25H20ClFN2O/c26-18-9-3-1-7-16(18)15-13-22-24(23(30)14-15)25(17-8-2-4-10-19(17)27)29-21-12-6-5-11-20(21)28-22/h1-12,15,25,28-29H,13-14H2. The van der Waals surface area contributed by atoms with Crippen molar-refractivity contribution in [3.05, 3.63) is 106 Å². The molecule has 2 aliphatic rings. The summed E-state index contributed by atoms with van der Waals surface area (Å²) in [5.41, 5.74) is 4.56. The highest BCUT2D eigenvalue weighted by Gasteiger charge is 2.37. The zero-order chi connectivity index (χ0) is 20.7. The van der Waals surface area contributed by atoms with E-state index in [2.05, 4.69) is 10.6 Å². The molecule has 2 atom stereocenters. The molecule has 2 N–H and O–H groups in total. The lowest BCUT2D eigenvalue weighted by atomic mass is 9.78. The van der Waals surface area contributed by atoms with E-state index in [1.165, 1.54) is 6.07 Å². The highest BCUT2D eigenvalue weighted by molar-refractivity contribution is 6.31. The third-order valence-corrected chi connectivity index (χ3v) is 6.21. The number of ketones is 1.